The van der Waals surface area contributed by atoms with Crippen LogP contribution in [0.25, 0.3) is 0 Å². The third-order valence-electron chi connectivity index (χ3n) is 2.73. The molecule has 1 heterocycles. The monoisotopic (exact) mass is 194 g/mol. The maximum Gasteiger partial charge on any atom is 0.120 e. The number of aromatic hydroxyl groups is 1. The average Bonchev–Trinajstić information content (AvgIpc) is 2.42. The largest absolute Gasteiger partial charge is 0.508 e. The normalized spacial score (nSPS) is 26.0. The topological polar surface area (TPSA) is 20.2 Å². The van der Waals surface area contributed by atoms with Crippen LogP contribution in [-0.2, 0) is 0 Å². The standard InChI is InChI=1S/C11H14OS/c1-3-8-7(2)13-10-6-4-5-9(12)11(8)10/h4-8,12H,3H2,1-2H3. The molecule has 0 saturated heterocycles. The van der Waals surface area contributed by atoms with Crippen molar-refractivity contribution in [2.45, 2.75) is 36.3 Å². The lowest BCUT2D eigenvalue weighted by Gasteiger charge is -2.13. The SMILES string of the molecule is CCC1c2c(O)cccc2SC1C. The lowest BCUT2D eigenvalue weighted by Crippen LogP contribution is -2.04. The van der Waals surface area contributed by atoms with Crippen molar-refractivity contribution in [1.29, 1.82) is 0 Å². The average molecular weight is 194 g/mol. The fourth-order valence-corrected chi connectivity index (χ4v) is 3.49. The number of hydrogen-bond acceptors (Lipinski definition) is 2. The summed E-state index contributed by atoms with van der Waals surface area (Å²) in [5.41, 5.74) is 1.17. The molecule has 1 nitrogen and oxygen atoms in total. The number of hydrogen-bond donors (Lipinski definition) is 1. The molecule has 2 rings (SSSR count). The van der Waals surface area contributed by atoms with Gasteiger partial charge in [-0.3, -0.25) is 0 Å². The summed E-state index contributed by atoms with van der Waals surface area (Å²) >= 11 is 1.88. The first-order valence-electron chi connectivity index (χ1n) is 4.72. The summed E-state index contributed by atoms with van der Waals surface area (Å²) < 4.78 is 0. The number of thioether (sulfide) groups is 1. The molecule has 0 radical (unpaired) electrons. The van der Waals surface area contributed by atoms with Gasteiger partial charge in [-0.1, -0.05) is 19.9 Å². The zero-order chi connectivity index (χ0) is 9.42. The molecule has 70 valence electrons. The maximum atomic E-state index is 9.74. The third-order valence-corrected chi connectivity index (χ3v) is 4.04. The van der Waals surface area contributed by atoms with Crippen LogP contribution in [-0.4, -0.2) is 10.4 Å². The number of phenolic OH excluding ortho intramolecular Hbond substituents is 1. The minimum Gasteiger partial charge on any atom is -0.508 e. The highest BCUT2D eigenvalue weighted by Crippen LogP contribution is 2.49. The zero-order valence-electron chi connectivity index (χ0n) is 7.95. The molecular formula is C11H14OS. The van der Waals surface area contributed by atoms with E-state index in [4.69, 9.17) is 0 Å². The van der Waals surface area contributed by atoms with Crippen LogP contribution in [0.1, 0.15) is 31.7 Å². The first-order chi connectivity index (χ1) is 6.24. The van der Waals surface area contributed by atoms with Gasteiger partial charge < -0.3 is 5.11 Å². The Morgan fingerprint density at radius 3 is 2.92 bits per heavy atom. The predicted octanol–water partition coefficient (Wildman–Crippen LogP) is 3.38. The molecule has 1 aromatic carbocycles. The van der Waals surface area contributed by atoms with E-state index in [0.717, 1.165) is 6.42 Å². The van der Waals surface area contributed by atoms with Crippen LogP contribution >= 0.6 is 11.8 Å². The summed E-state index contributed by atoms with van der Waals surface area (Å²) in [7, 11) is 0. The molecule has 1 aliphatic rings. The molecule has 0 saturated carbocycles. The van der Waals surface area contributed by atoms with Crippen molar-refractivity contribution in [2.75, 3.05) is 0 Å². The maximum absolute atomic E-state index is 9.74. The second kappa shape index (κ2) is 3.26. The Hall–Kier alpha value is -0.630. The molecule has 1 N–H and O–H groups in total. The summed E-state index contributed by atoms with van der Waals surface area (Å²) in [6.45, 7) is 4.42. The molecule has 2 atom stereocenters. The van der Waals surface area contributed by atoms with Crippen molar-refractivity contribution in [3.8, 4) is 5.75 Å². The van der Waals surface area contributed by atoms with Crippen LogP contribution < -0.4 is 0 Å². The predicted molar refractivity (Wildman–Crippen MR) is 56.5 cm³/mol. The molecular weight excluding hydrogens is 180 g/mol. The van der Waals surface area contributed by atoms with E-state index < -0.39 is 0 Å². The summed E-state index contributed by atoms with van der Waals surface area (Å²) in [5, 5.41) is 10.3. The molecule has 0 aliphatic carbocycles. The lowest BCUT2D eigenvalue weighted by molar-refractivity contribution is 0.457. The quantitative estimate of drug-likeness (QED) is 0.739. The molecule has 1 aliphatic heterocycles. The molecule has 13 heavy (non-hydrogen) atoms. The smallest absolute Gasteiger partial charge is 0.120 e. The highest BCUT2D eigenvalue weighted by molar-refractivity contribution is 8.00. The highest BCUT2D eigenvalue weighted by Gasteiger charge is 2.30. The fourth-order valence-electron chi connectivity index (χ4n) is 2.06. The van der Waals surface area contributed by atoms with Crippen LogP contribution in [0.5, 0.6) is 5.75 Å². The van der Waals surface area contributed by atoms with Gasteiger partial charge in [0.2, 0.25) is 0 Å². The first-order valence-corrected chi connectivity index (χ1v) is 5.60. The minimum atomic E-state index is 0.473. The Bertz CT molecular complexity index is 322. The Balaban J connectivity index is 2.49. The van der Waals surface area contributed by atoms with Crippen LogP contribution in [0.3, 0.4) is 0 Å². The second-order valence-corrected chi connectivity index (χ2v) is 4.95. The highest BCUT2D eigenvalue weighted by atomic mass is 32.2. The molecule has 0 aromatic heterocycles. The van der Waals surface area contributed by atoms with E-state index in [0.29, 0.717) is 16.9 Å². The van der Waals surface area contributed by atoms with Crippen molar-refractivity contribution in [3.63, 3.8) is 0 Å². The Kier molecular flexibility index (Phi) is 2.24. The van der Waals surface area contributed by atoms with Gasteiger partial charge in [-0.15, -0.1) is 11.8 Å². The Labute approximate surface area is 83.2 Å². The minimum absolute atomic E-state index is 0.473. The van der Waals surface area contributed by atoms with E-state index in [-0.39, 0.29) is 0 Å². The third kappa shape index (κ3) is 1.33. The number of phenols is 1. The van der Waals surface area contributed by atoms with E-state index in [9.17, 15) is 5.11 Å². The summed E-state index contributed by atoms with van der Waals surface area (Å²) in [6.07, 6.45) is 1.11. The van der Waals surface area contributed by atoms with Gasteiger partial charge in [-0.25, -0.2) is 0 Å². The van der Waals surface area contributed by atoms with Crippen molar-refractivity contribution in [2.24, 2.45) is 0 Å². The van der Waals surface area contributed by atoms with Gasteiger partial charge in [-0.05, 0) is 18.6 Å². The van der Waals surface area contributed by atoms with Gasteiger partial charge in [0.25, 0.3) is 0 Å². The van der Waals surface area contributed by atoms with E-state index in [1.54, 1.807) is 6.07 Å². The summed E-state index contributed by atoms with van der Waals surface area (Å²) in [4.78, 5) is 1.26. The van der Waals surface area contributed by atoms with Crippen LogP contribution in [0.15, 0.2) is 23.1 Å². The van der Waals surface area contributed by atoms with Crippen molar-refractivity contribution >= 4 is 11.8 Å². The Morgan fingerprint density at radius 2 is 2.23 bits per heavy atom. The molecule has 0 spiro atoms. The van der Waals surface area contributed by atoms with Crippen LogP contribution in [0.2, 0.25) is 0 Å². The van der Waals surface area contributed by atoms with Gasteiger partial charge >= 0.3 is 0 Å². The Morgan fingerprint density at radius 1 is 1.46 bits per heavy atom. The molecule has 1 aromatic rings. The van der Waals surface area contributed by atoms with Crippen LogP contribution in [0.4, 0.5) is 0 Å². The first kappa shape index (κ1) is 8.95. The molecule has 2 heteroatoms. The van der Waals surface area contributed by atoms with Gasteiger partial charge in [0, 0.05) is 21.6 Å². The second-order valence-electron chi connectivity index (χ2n) is 3.53. The summed E-state index contributed by atoms with van der Waals surface area (Å²) in [5.74, 6) is 1.00. The van der Waals surface area contributed by atoms with Crippen molar-refractivity contribution in [1.82, 2.24) is 0 Å². The fraction of sp³-hybridized carbons (Fsp3) is 0.455. The molecule has 2 unspecified atom stereocenters. The number of rotatable bonds is 1. The van der Waals surface area contributed by atoms with E-state index in [1.165, 1.54) is 10.5 Å². The van der Waals surface area contributed by atoms with E-state index in [1.807, 2.05) is 17.8 Å². The molecule has 0 amide bonds. The molecule has 0 bridgehead atoms. The number of benzene rings is 1. The van der Waals surface area contributed by atoms with E-state index >= 15 is 0 Å². The summed E-state index contributed by atoms with van der Waals surface area (Å²) in [6, 6.07) is 5.82. The van der Waals surface area contributed by atoms with E-state index in [2.05, 4.69) is 19.9 Å². The van der Waals surface area contributed by atoms with Crippen LogP contribution in [0, 0.1) is 0 Å². The molecule has 0 fully saturated rings. The van der Waals surface area contributed by atoms with Gasteiger partial charge in [0.15, 0.2) is 0 Å². The lowest BCUT2D eigenvalue weighted by atomic mass is 9.93. The van der Waals surface area contributed by atoms with Gasteiger partial charge in [-0.2, -0.15) is 0 Å². The van der Waals surface area contributed by atoms with Crippen molar-refractivity contribution < 1.29 is 5.11 Å². The van der Waals surface area contributed by atoms with Crippen molar-refractivity contribution in [3.05, 3.63) is 23.8 Å². The van der Waals surface area contributed by atoms with Gasteiger partial charge in [0.1, 0.15) is 5.75 Å². The van der Waals surface area contributed by atoms with Gasteiger partial charge in [0.05, 0.1) is 0 Å². The number of fused-ring (bicyclic) bond motifs is 1. The zero-order valence-corrected chi connectivity index (χ0v) is 8.77.